The molecule has 4 heteroatoms. The summed E-state index contributed by atoms with van der Waals surface area (Å²) in [6.07, 6.45) is 0.198. The molecule has 0 bridgehead atoms. The van der Waals surface area contributed by atoms with E-state index in [0.29, 0.717) is 6.54 Å². The smallest absolute Gasteiger partial charge is 0.0824 e. The van der Waals surface area contributed by atoms with Gasteiger partial charge in [0.2, 0.25) is 0 Å². The van der Waals surface area contributed by atoms with E-state index in [1.807, 2.05) is 11.3 Å². The van der Waals surface area contributed by atoms with E-state index >= 15 is 0 Å². The highest BCUT2D eigenvalue weighted by atomic mass is 32.1. The van der Waals surface area contributed by atoms with Crippen LogP contribution in [0.25, 0.3) is 10.1 Å². The summed E-state index contributed by atoms with van der Waals surface area (Å²) in [5.41, 5.74) is 7.10. The minimum absolute atomic E-state index is 0.198. The lowest BCUT2D eigenvalue weighted by molar-refractivity contribution is -0.0258. The van der Waals surface area contributed by atoms with E-state index in [1.165, 1.54) is 15.6 Å². The van der Waals surface area contributed by atoms with E-state index in [2.05, 4.69) is 34.5 Å². The Morgan fingerprint density at radius 3 is 3.17 bits per heavy atom. The standard InChI is InChI=1S/C14H18N2OS/c15-7-12-9-16(5-6-17-12)8-11-10-18-14-4-2-1-3-13(11)14/h1-4,10,12H,5-9,15H2. The predicted molar refractivity (Wildman–Crippen MR) is 75.9 cm³/mol. The summed E-state index contributed by atoms with van der Waals surface area (Å²) >= 11 is 1.83. The predicted octanol–water partition coefficient (Wildman–Crippen LogP) is 2.06. The summed E-state index contributed by atoms with van der Waals surface area (Å²) in [6.45, 7) is 4.36. The summed E-state index contributed by atoms with van der Waals surface area (Å²) in [5.74, 6) is 0. The average molecular weight is 262 g/mol. The van der Waals surface area contributed by atoms with Crippen molar-refractivity contribution >= 4 is 21.4 Å². The van der Waals surface area contributed by atoms with Crippen molar-refractivity contribution in [2.24, 2.45) is 5.73 Å². The van der Waals surface area contributed by atoms with Gasteiger partial charge in [0.15, 0.2) is 0 Å². The molecule has 3 rings (SSSR count). The minimum Gasteiger partial charge on any atom is -0.374 e. The van der Waals surface area contributed by atoms with Crippen LogP contribution in [0.2, 0.25) is 0 Å². The molecule has 0 aliphatic carbocycles. The van der Waals surface area contributed by atoms with Crippen molar-refractivity contribution in [2.45, 2.75) is 12.6 Å². The zero-order valence-corrected chi connectivity index (χ0v) is 11.2. The lowest BCUT2D eigenvalue weighted by Crippen LogP contribution is -2.45. The summed E-state index contributed by atoms with van der Waals surface area (Å²) in [6, 6.07) is 8.61. The Balaban J connectivity index is 1.76. The molecule has 0 spiro atoms. The SMILES string of the molecule is NCC1CN(Cc2csc3ccccc23)CCO1. The Morgan fingerprint density at radius 1 is 1.39 bits per heavy atom. The quantitative estimate of drug-likeness (QED) is 0.920. The second-order valence-corrected chi connectivity index (χ2v) is 5.63. The maximum atomic E-state index is 5.68. The van der Waals surface area contributed by atoms with Gasteiger partial charge in [0.05, 0.1) is 12.7 Å². The van der Waals surface area contributed by atoms with Gasteiger partial charge in [-0.2, -0.15) is 0 Å². The van der Waals surface area contributed by atoms with Crippen LogP contribution in [-0.2, 0) is 11.3 Å². The topological polar surface area (TPSA) is 38.5 Å². The van der Waals surface area contributed by atoms with E-state index in [-0.39, 0.29) is 6.10 Å². The van der Waals surface area contributed by atoms with Crippen molar-refractivity contribution in [2.75, 3.05) is 26.2 Å². The van der Waals surface area contributed by atoms with Crippen LogP contribution in [0.3, 0.4) is 0 Å². The monoisotopic (exact) mass is 262 g/mol. The molecule has 1 atom stereocenters. The summed E-state index contributed by atoms with van der Waals surface area (Å²) < 4.78 is 6.97. The Hall–Kier alpha value is -0.940. The van der Waals surface area contributed by atoms with E-state index in [4.69, 9.17) is 10.5 Å². The molecule has 1 fully saturated rings. The first-order valence-electron chi connectivity index (χ1n) is 6.36. The van der Waals surface area contributed by atoms with Crippen molar-refractivity contribution in [3.8, 4) is 0 Å². The molecule has 2 aromatic rings. The number of ether oxygens (including phenoxy) is 1. The number of nitrogens with zero attached hydrogens (tertiary/aromatic N) is 1. The van der Waals surface area contributed by atoms with E-state index in [0.717, 1.165) is 26.2 Å². The minimum atomic E-state index is 0.198. The van der Waals surface area contributed by atoms with Crippen molar-refractivity contribution in [1.29, 1.82) is 0 Å². The van der Waals surface area contributed by atoms with Gasteiger partial charge >= 0.3 is 0 Å². The van der Waals surface area contributed by atoms with Crippen LogP contribution in [0.15, 0.2) is 29.6 Å². The van der Waals surface area contributed by atoms with Crippen LogP contribution in [0, 0.1) is 0 Å². The summed E-state index contributed by atoms with van der Waals surface area (Å²) in [4.78, 5) is 2.44. The average Bonchev–Trinajstić information content (AvgIpc) is 2.83. The molecule has 3 nitrogen and oxygen atoms in total. The highest BCUT2D eigenvalue weighted by Gasteiger charge is 2.19. The molecule has 0 radical (unpaired) electrons. The number of nitrogens with two attached hydrogens (primary N) is 1. The third-order valence-electron chi connectivity index (χ3n) is 3.44. The van der Waals surface area contributed by atoms with Gasteiger partial charge in [-0.15, -0.1) is 11.3 Å². The Labute approximate surface area is 111 Å². The van der Waals surface area contributed by atoms with Crippen LogP contribution in [-0.4, -0.2) is 37.2 Å². The van der Waals surface area contributed by atoms with Gasteiger partial charge in [-0.1, -0.05) is 18.2 Å². The molecule has 1 aromatic heterocycles. The number of thiophene rings is 1. The Morgan fingerprint density at radius 2 is 2.28 bits per heavy atom. The molecule has 1 unspecified atom stereocenters. The van der Waals surface area contributed by atoms with Gasteiger partial charge in [0.25, 0.3) is 0 Å². The van der Waals surface area contributed by atoms with Crippen LogP contribution < -0.4 is 5.73 Å². The first-order valence-corrected chi connectivity index (χ1v) is 7.24. The molecule has 1 aliphatic heterocycles. The van der Waals surface area contributed by atoms with E-state index in [1.54, 1.807) is 0 Å². The highest BCUT2D eigenvalue weighted by Crippen LogP contribution is 2.27. The van der Waals surface area contributed by atoms with Crippen molar-refractivity contribution in [3.63, 3.8) is 0 Å². The Kier molecular flexibility index (Phi) is 3.61. The van der Waals surface area contributed by atoms with Crippen molar-refractivity contribution in [1.82, 2.24) is 4.90 Å². The normalized spacial score (nSPS) is 21.5. The lowest BCUT2D eigenvalue weighted by atomic mass is 10.1. The molecule has 1 aliphatic rings. The summed E-state index contributed by atoms with van der Waals surface area (Å²) in [5, 5.41) is 3.66. The largest absolute Gasteiger partial charge is 0.374 e. The van der Waals surface area contributed by atoms with Crippen molar-refractivity contribution < 1.29 is 4.74 Å². The van der Waals surface area contributed by atoms with Gasteiger partial charge < -0.3 is 10.5 Å². The molecule has 0 saturated carbocycles. The van der Waals surface area contributed by atoms with E-state index in [9.17, 15) is 0 Å². The lowest BCUT2D eigenvalue weighted by Gasteiger charge is -2.32. The van der Waals surface area contributed by atoms with Gasteiger partial charge in [-0.3, -0.25) is 4.90 Å². The molecular formula is C14H18N2OS. The molecule has 18 heavy (non-hydrogen) atoms. The zero-order valence-electron chi connectivity index (χ0n) is 10.3. The molecule has 1 saturated heterocycles. The van der Waals surface area contributed by atoms with Crippen molar-refractivity contribution in [3.05, 3.63) is 35.2 Å². The number of fused-ring (bicyclic) bond motifs is 1. The zero-order chi connectivity index (χ0) is 12.4. The molecule has 0 amide bonds. The fourth-order valence-electron chi connectivity index (χ4n) is 2.46. The Bertz CT molecular complexity index is 525. The third-order valence-corrected chi connectivity index (χ3v) is 4.45. The number of benzene rings is 1. The maximum Gasteiger partial charge on any atom is 0.0824 e. The first-order chi connectivity index (χ1) is 8.86. The molecule has 2 heterocycles. The van der Waals surface area contributed by atoms with Crippen LogP contribution in [0.5, 0.6) is 0 Å². The second-order valence-electron chi connectivity index (χ2n) is 4.72. The van der Waals surface area contributed by atoms with Gasteiger partial charge in [0.1, 0.15) is 0 Å². The van der Waals surface area contributed by atoms with Crippen LogP contribution in [0.4, 0.5) is 0 Å². The maximum absolute atomic E-state index is 5.68. The first kappa shape index (κ1) is 12.1. The molecular weight excluding hydrogens is 244 g/mol. The summed E-state index contributed by atoms with van der Waals surface area (Å²) in [7, 11) is 0. The number of rotatable bonds is 3. The number of morpholine rings is 1. The van der Waals surface area contributed by atoms with E-state index < -0.39 is 0 Å². The molecule has 1 aromatic carbocycles. The molecule has 2 N–H and O–H groups in total. The van der Waals surface area contributed by atoms with Crippen LogP contribution in [0.1, 0.15) is 5.56 Å². The van der Waals surface area contributed by atoms with Gasteiger partial charge in [-0.05, 0) is 22.4 Å². The van der Waals surface area contributed by atoms with Gasteiger partial charge in [-0.25, -0.2) is 0 Å². The van der Waals surface area contributed by atoms with Gasteiger partial charge in [0, 0.05) is 30.9 Å². The fraction of sp³-hybridized carbons (Fsp3) is 0.429. The second kappa shape index (κ2) is 5.36. The molecule has 96 valence electrons. The van der Waals surface area contributed by atoms with Crippen LogP contribution >= 0.6 is 11.3 Å². The highest BCUT2D eigenvalue weighted by molar-refractivity contribution is 7.17. The number of hydrogen-bond donors (Lipinski definition) is 1. The number of hydrogen-bond acceptors (Lipinski definition) is 4. The fourth-order valence-corrected chi connectivity index (χ4v) is 3.42. The third kappa shape index (κ3) is 2.42.